The Morgan fingerprint density at radius 3 is 2.32 bits per heavy atom. The number of rotatable bonds is 4. The Morgan fingerprint density at radius 1 is 1.26 bits per heavy atom. The molecule has 0 bridgehead atoms. The predicted octanol–water partition coefficient (Wildman–Crippen LogP) is 2.83. The van der Waals surface area contributed by atoms with E-state index in [9.17, 15) is 4.79 Å². The zero-order valence-electron chi connectivity index (χ0n) is 12.4. The summed E-state index contributed by atoms with van der Waals surface area (Å²) in [7, 11) is 0. The molecule has 1 rings (SSSR count). The molecule has 1 aromatic heterocycles. The first-order valence-electron chi connectivity index (χ1n) is 6.39. The van der Waals surface area contributed by atoms with E-state index in [1.165, 1.54) is 0 Å². The Bertz CT molecular complexity index is 452. The van der Waals surface area contributed by atoms with Gasteiger partial charge in [-0.15, -0.1) is 0 Å². The number of hydrogen-bond acceptors (Lipinski definition) is 4. The van der Waals surface area contributed by atoms with Gasteiger partial charge < -0.3 is 4.74 Å². The Morgan fingerprint density at radius 2 is 1.84 bits per heavy atom. The smallest absolute Gasteiger partial charge is 0.310 e. The minimum atomic E-state index is -0.260. The van der Waals surface area contributed by atoms with Gasteiger partial charge in [-0.25, -0.2) is 9.97 Å². The van der Waals surface area contributed by atoms with Crippen LogP contribution in [0.1, 0.15) is 46.0 Å². The number of carbonyl (C=O) groups is 1. The van der Waals surface area contributed by atoms with Gasteiger partial charge >= 0.3 is 5.97 Å². The van der Waals surface area contributed by atoms with E-state index in [0.29, 0.717) is 6.61 Å². The van der Waals surface area contributed by atoms with Crippen LogP contribution in [-0.2, 0) is 21.4 Å². The van der Waals surface area contributed by atoms with Crippen LogP contribution in [0, 0.1) is 0 Å². The minimum absolute atomic E-state index is 0.0809. The van der Waals surface area contributed by atoms with Crippen LogP contribution in [0.2, 0.25) is 0 Å². The molecule has 0 spiro atoms. The quantitative estimate of drug-likeness (QED) is 0.618. The second-order valence-corrected chi connectivity index (χ2v) is 5.81. The van der Waals surface area contributed by atoms with E-state index in [-0.39, 0.29) is 17.8 Å². The molecule has 0 fully saturated rings. The predicted molar refractivity (Wildman–Crippen MR) is 74.8 cm³/mol. The van der Waals surface area contributed by atoms with Crippen LogP contribution in [0.15, 0.2) is 24.0 Å². The van der Waals surface area contributed by atoms with Crippen molar-refractivity contribution in [1.82, 2.24) is 9.97 Å². The first-order valence-corrected chi connectivity index (χ1v) is 6.39. The second kappa shape index (κ2) is 6.45. The van der Waals surface area contributed by atoms with Gasteiger partial charge in [-0.2, -0.15) is 0 Å². The monoisotopic (exact) mass is 262 g/mol. The van der Waals surface area contributed by atoms with E-state index in [4.69, 9.17) is 4.74 Å². The molecular weight excluding hydrogens is 240 g/mol. The lowest BCUT2D eigenvalue weighted by Crippen LogP contribution is -2.16. The summed E-state index contributed by atoms with van der Waals surface area (Å²) in [6, 6.07) is 0. The highest BCUT2D eigenvalue weighted by molar-refractivity contribution is 5.72. The molecule has 0 aliphatic carbocycles. The molecule has 1 heterocycles. The molecule has 19 heavy (non-hydrogen) atoms. The fourth-order valence-electron chi connectivity index (χ4n) is 1.35. The van der Waals surface area contributed by atoms with E-state index in [0.717, 1.165) is 17.0 Å². The largest absolute Gasteiger partial charge is 0.461 e. The first-order chi connectivity index (χ1) is 8.79. The van der Waals surface area contributed by atoms with E-state index in [2.05, 4.69) is 30.7 Å². The van der Waals surface area contributed by atoms with Gasteiger partial charge in [-0.3, -0.25) is 4.79 Å². The third-order valence-electron chi connectivity index (χ3n) is 2.46. The molecule has 0 radical (unpaired) electrons. The van der Waals surface area contributed by atoms with Crippen molar-refractivity contribution >= 4 is 5.97 Å². The van der Waals surface area contributed by atoms with Crippen LogP contribution in [0.5, 0.6) is 0 Å². The molecule has 4 heteroatoms. The fraction of sp³-hybridized carbons (Fsp3) is 0.533. The molecule has 0 aliphatic rings. The van der Waals surface area contributed by atoms with Gasteiger partial charge in [0.1, 0.15) is 12.4 Å². The molecular formula is C15H22N2O2. The molecule has 0 saturated heterocycles. The summed E-state index contributed by atoms with van der Waals surface area (Å²) in [4.78, 5) is 20.1. The summed E-state index contributed by atoms with van der Waals surface area (Å²) < 4.78 is 5.08. The van der Waals surface area contributed by atoms with Crippen LogP contribution in [0.25, 0.3) is 0 Å². The zero-order chi connectivity index (χ0) is 14.5. The number of aromatic nitrogens is 2. The maximum atomic E-state index is 11.6. The van der Waals surface area contributed by atoms with Gasteiger partial charge in [0.2, 0.25) is 0 Å². The third-order valence-corrected chi connectivity index (χ3v) is 2.46. The molecule has 4 nitrogen and oxygen atoms in total. The minimum Gasteiger partial charge on any atom is -0.461 e. The lowest BCUT2D eigenvalue weighted by atomic mass is 9.96. The summed E-state index contributed by atoms with van der Waals surface area (Å²) in [6.45, 7) is 10.4. The van der Waals surface area contributed by atoms with Crippen molar-refractivity contribution < 1.29 is 9.53 Å². The van der Waals surface area contributed by atoms with Crippen molar-refractivity contribution in [3.05, 3.63) is 35.4 Å². The Balaban J connectivity index is 2.54. The third kappa shape index (κ3) is 5.64. The van der Waals surface area contributed by atoms with Crippen molar-refractivity contribution in [2.24, 2.45) is 0 Å². The van der Waals surface area contributed by atoms with Crippen LogP contribution < -0.4 is 0 Å². The summed E-state index contributed by atoms with van der Waals surface area (Å²) in [5.41, 5.74) is 1.82. The normalized spacial score (nSPS) is 11.0. The van der Waals surface area contributed by atoms with Crippen LogP contribution in [0.3, 0.4) is 0 Å². The van der Waals surface area contributed by atoms with Crippen molar-refractivity contribution in [2.75, 3.05) is 6.61 Å². The Hall–Kier alpha value is -1.71. The maximum Gasteiger partial charge on any atom is 0.310 e. The van der Waals surface area contributed by atoms with Crippen molar-refractivity contribution in [3.8, 4) is 0 Å². The molecule has 0 aliphatic heterocycles. The lowest BCUT2D eigenvalue weighted by molar-refractivity contribution is -0.141. The van der Waals surface area contributed by atoms with Crippen molar-refractivity contribution in [2.45, 2.75) is 46.5 Å². The lowest BCUT2D eigenvalue weighted by Gasteiger charge is -2.15. The molecule has 0 atom stereocenters. The molecule has 0 N–H and O–H groups in total. The zero-order valence-corrected chi connectivity index (χ0v) is 12.4. The van der Waals surface area contributed by atoms with Crippen molar-refractivity contribution in [1.29, 1.82) is 0 Å². The molecule has 0 unspecified atom stereocenters. The van der Waals surface area contributed by atoms with Gasteiger partial charge in [0, 0.05) is 17.8 Å². The first kappa shape index (κ1) is 15.3. The SMILES string of the molecule is CC(C)=CCOC(=O)Cc1cnc(C(C)(C)C)nc1. The number of ether oxygens (including phenoxy) is 1. The highest BCUT2D eigenvalue weighted by Crippen LogP contribution is 2.17. The van der Waals surface area contributed by atoms with Gasteiger partial charge in [-0.05, 0) is 25.5 Å². The van der Waals surface area contributed by atoms with E-state index >= 15 is 0 Å². The summed E-state index contributed by atoms with van der Waals surface area (Å²) >= 11 is 0. The highest BCUT2D eigenvalue weighted by atomic mass is 16.5. The van der Waals surface area contributed by atoms with Gasteiger partial charge in [0.25, 0.3) is 0 Å². The van der Waals surface area contributed by atoms with E-state index in [1.807, 2.05) is 19.9 Å². The number of esters is 1. The number of allylic oxidation sites excluding steroid dienone is 1. The molecule has 1 aromatic rings. The van der Waals surface area contributed by atoms with Gasteiger partial charge in [-0.1, -0.05) is 26.3 Å². The topological polar surface area (TPSA) is 52.1 Å². The van der Waals surface area contributed by atoms with Crippen LogP contribution >= 0.6 is 0 Å². The average Bonchev–Trinajstić information content (AvgIpc) is 2.27. The van der Waals surface area contributed by atoms with E-state index in [1.54, 1.807) is 12.4 Å². The number of carbonyl (C=O) groups excluding carboxylic acids is 1. The van der Waals surface area contributed by atoms with E-state index < -0.39 is 0 Å². The molecule has 0 aromatic carbocycles. The fourth-order valence-corrected chi connectivity index (χ4v) is 1.35. The Labute approximate surface area is 114 Å². The summed E-state index contributed by atoms with van der Waals surface area (Å²) in [5, 5.41) is 0. The standard InChI is InChI=1S/C15H22N2O2/c1-11(2)6-7-19-13(18)8-12-9-16-14(17-10-12)15(3,4)5/h6,9-10H,7-8H2,1-5H3. The Kier molecular flexibility index (Phi) is 5.21. The van der Waals surface area contributed by atoms with Crippen LogP contribution in [0.4, 0.5) is 0 Å². The highest BCUT2D eigenvalue weighted by Gasteiger charge is 2.17. The summed E-state index contributed by atoms with van der Waals surface area (Å²) in [6.07, 6.45) is 5.46. The average molecular weight is 262 g/mol. The molecule has 104 valence electrons. The van der Waals surface area contributed by atoms with Gasteiger partial charge in [0.05, 0.1) is 6.42 Å². The number of hydrogen-bond donors (Lipinski definition) is 0. The molecule has 0 amide bonds. The summed E-state index contributed by atoms with van der Waals surface area (Å²) in [5.74, 6) is 0.513. The van der Waals surface area contributed by atoms with Crippen LogP contribution in [-0.4, -0.2) is 22.5 Å². The maximum absolute atomic E-state index is 11.6. The number of nitrogens with zero attached hydrogens (tertiary/aromatic N) is 2. The second-order valence-electron chi connectivity index (χ2n) is 5.81. The van der Waals surface area contributed by atoms with Gasteiger partial charge in [0.15, 0.2) is 0 Å². The molecule has 0 saturated carbocycles. The van der Waals surface area contributed by atoms with Crippen molar-refractivity contribution in [3.63, 3.8) is 0 Å².